The molecule has 102 valence electrons. The minimum absolute atomic E-state index is 0.783. The lowest BCUT2D eigenvalue weighted by Crippen LogP contribution is -2.15. The standard InChI is InChI=1S/C16H21ClN2/c1-4-5-6-18-10-13-8-12(3)19-16-11(2)7-14(17)9-15(13)16/h7-9,18H,4-6,10H2,1-3H3. The molecule has 0 bridgehead atoms. The Morgan fingerprint density at radius 2 is 2.00 bits per heavy atom. The van der Waals surface area contributed by atoms with Gasteiger partial charge in [0.15, 0.2) is 0 Å². The fraction of sp³-hybridized carbons (Fsp3) is 0.438. The van der Waals surface area contributed by atoms with Gasteiger partial charge in [-0.1, -0.05) is 24.9 Å². The van der Waals surface area contributed by atoms with Gasteiger partial charge in [-0.25, -0.2) is 0 Å². The number of halogens is 1. The summed E-state index contributed by atoms with van der Waals surface area (Å²) in [7, 11) is 0. The van der Waals surface area contributed by atoms with Crippen LogP contribution in [-0.4, -0.2) is 11.5 Å². The number of aromatic nitrogens is 1. The van der Waals surface area contributed by atoms with Crippen LogP contribution in [0.4, 0.5) is 0 Å². The molecule has 0 radical (unpaired) electrons. The van der Waals surface area contributed by atoms with Crippen LogP contribution in [0, 0.1) is 13.8 Å². The lowest BCUT2D eigenvalue weighted by molar-refractivity contribution is 0.643. The quantitative estimate of drug-likeness (QED) is 0.819. The first-order valence-electron chi connectivity index (χ1n) is 6.89. The van der Waals surface area contributed by atoms with E-state index < -0.39 is 0 Å². The maximum Gasteiger partial charge on any atom is 0.0738 e. The molecule has 0 aliphatic rings. The molecule has 0 saturated carbocycles. The molecule has 0 unspecified atom stereocenters. The van der Waals surface area contributed by atoms with E-state index >= 15 is 0 Å². The molecule has 0 aliphatic heterocycles. The predicted molar refractivity (Wildman–Crippen MR) is 82.8 cm³/mol. The molecule has 0 atom stereocenters. The van der Waals surface area contributed by atoms with Gasteiger partial charge in [0, 0.05) is 22.6 Å². The number of hydrogen-bond acceptors (Lipinski definition) is 2. The van der Waals surface area contributed by atoms with Gasteiger partial charge in [-0.05, 0) is 56.1 Å². The van der Waals surface area contributed by atoms with E-state index in [0.29, 0.717) is 0 Å². The molecule has 0 spiro atoms. The lowest BCUT2D eigenvalue weighted by atomic mass is 10.0. The summed E-state index contributed by atoms with van der Waals surface area (Å²) in [5.74, 6) is 0. The first-order chi connectivity index (χ1) is 9.11. The van der Waals surface area contributed by atoms with Gasteiger partial charge in [-0.3, -0.25) is 4.98 Å². The second-order valence-corrected chi connectivity index (χ2v) is 5.51. The van der Waals surface area contributed by atoms with Crippen LogP contribution < -0.4 is 5.32 Å². The normalized spacial score (nSPS) is 11.2. The minimum Gasteiger partial charge on any atom is -0.313 e. The molecule has 1 N–H and O–H groups in total. The average molecular weight is 277 g/mol. The fourth-order valence-corrected chi connectivity index (χ4v) is 2.61. The van der Waals surface area contributed by atoms with Crippen LogP contribution >= 0.6 is 11.6 Å². The molecule has 3 heteroatoms. The van der Waals surface area contributed by atoms with Gasteiger partial charge >= 0.3 is 0 Å². The highest BCUT2D eigenvalue weighted by molar-refractivity contribution is 6.31. The van der Waals surface area contributed by atoms with E-state index in [4.69, 9.17) is 11.6 Å². The Hall–Kier alpha value is -1.12. The fourth-order valence-electron chi connectivity index (χ4n) is 2.34. The average Bonchev–Trinajstić information content (AvgIpc) is 2.36. The molecule has 19 heavy (non-hydrogen) atoms. The van der Waals surface area contributed by atoms with Crippen LogP contribution in [-0.2, 0) is 6.54 Å². The van der Waals surface area contributed by atoms with Crippen molar-refractivity contribution in [3.05, 3.63) is 40.0 Å². The Morgan fingerprint density at radius 1 is 1.21 bits per heavy atom. The zero-order valence-electron chi connectivity index (χ0n) is 11.9. The molecule has 1 aromatic heterocycles. The summed E-state index contributed by atoms with van der Waals surface area (Å²) in [4.78, 5) is 4.63. The minimum atomic E-state index is 0.783. The van der Waals surface area contributed by atoms with Gasteiger partial charge in [-0.2, -0.15) is 0 Å². The van der Waals surface area contributed by atoms with Crippen LogP contribution in [0.5, 0.6) is 0 Å². The number of nitrogens with one attached hydrogen (secondary N) is 1. The van der Waals surface area contributed by atoms with Crippen molar-refractivity contribution in [2.45, 2.75) is 40.2 Å². The van der Waals surface area contributed by atoms with E-state index in [9.17, 15) is 0 Å². The summed E-state index contributed by atoms with van der Waals surface area (Å²) in [5.41, 5.74) is 4.55. The summed E-state index contributed by atoms with van der Waals surface area (Å²) in [6.07, 6.45) is 2.43. The van der Waals surface area contributed by atoms with Crippen molar-refractivity contribution in [1.82, 2.24) is 10.3 Å². The zero-order chi connectivity index (χ0) is 13.8. The Kier molecular flexibility index (Phi) is 4.78. The number of unbranched alkanes of at least 4 members (excludes halogenated alkanes) is 1. The molecule has 0 aliphatic carbocycles. The van der Waals surface area contributed by atoms with Crippen molar-refractivity contribution in [2.75, 3.05) is 6.54 Å². The molecule has 0 amide bonds. The molecule has 2 aromatic rings. The van der Waals surface area contributed by atoms with Crippen LogP contribution in [0.25, 0.3) is 10.9 Å². The van der Waals surface area contributed by atoms with Gasteiger partial charge in [0.1, 0.15) is 0 Å². The van der Waals surface area contributed by atoms with Gasteiger partial charge in [0.25, 0.3) is 0 Å². The third kappa shape index (κ3) is 3.46. The maximum absolute atomic E-state index is 6.17. The second kappa shape index (κ2) is 6.36. The van der Waals surface area contributed by atoms with Crippen LogP contribution in [0.2, 0.25) is 5.02 Å². The van der Waals surface area contributed by atoms with Gasteiger partial charge in [0.2, 0.25) is 0 Å². The first kappa shape index (κ1) is 14.3. The summed E-state index contributed by atoms with van der Waals surface area (Å²) in [5, 5.41) is 5.44. The van der Waals surface area contributed by atoms with Crippen molar-refractivity contribution >= 4 is 22.5 Å². The largest absolute Gasteiger partial charge is 0.313 e. The highest BCUT2D eigenvalue weighted by atomic mass is 35.5. The number of aryl methyl sites for hydroxylation is 2. The number of pyridine rings is 1. The number of benzene rings is 1. The number of fused-ring (bicyclic) bond motifs is 1. The Labute approximate surface area is 120 Å². The van der Waals surface area contributed by atoms with E-state index in [1.54, 1.807) is 0 Å². The molecule has 1 aromatic carbocycles. The third-order valence-corrected chi connectivity index (χ3v) is 3.52. The topological polar surface area (TPSA) is 24.9 Å². The van der Waals surface area contributed by atoms with Crippen molar-refractivity contribution in [1.29, 1.82) is 0 Å². The second-order valence-electron chi connectivity index (χ2n) is 5.07. The van der Waals surface area contributed by atoms with E-state index in [1.807, 2.05) is 19.1 Å². The molecule has 2 nitrogen and oxygen atoms in total. The van der Waals surface area contributed by atoms with Gasteiger partial charge < -0.3 is 5.32 Å². The molecule has 1 heterocycles. The van der Waals surface area contributed by atoms with Crippen molar-refractivity contribution < 1.29 is 0 Å². The van der Waals surface area contributed by atoms with Crippen molar-refractivity contribution in [3.8, 4) is 0 Å². The Bertz CT molecular complexity index is 578. The number of rotatable bonds is 5. The van der Waals surface area contributed by atoms with Crippen molar-refractivity contribution in [3.63, 3.8) is 0 Å². The van der Waals surface area contributed by atoms with E-state index in [0.717, 1.165) is 34.9 Å². The molecular formula is C16H21ClN2. The molecular weight excluding hydrogens is 256 g/mol. The lowest BCUT2D eigenvalue weighted by Gasteiger charge is -2.11. The SMILES string of the molecule is CCCCNCc1cc(C)nc2c(C)cc(Cl)cc12. The monoisotopic (exact) mass is 276 g/mol. The predicted octanol–water partition coefficient (Wildman–Crippen LogP) is 4.39. The Balaban J connectivity index is 2.36. The van der Waals surface area contributed by atoms with Gasteiger partial charge in [-0.15, -0.1) is 0 Å². The smallest absolute Gasteiger partial charge is 0.0738 e. The highest BCUT2D eigenvalue weighted by Gasteiger charge is 2.07. The highest BCUT2D eigenvalue weighted by Crippen LogP contribution is 2.25. The van der Waals surface area contributed by atoms with Crippen LogP contribution in [0.1, 0.15) is 36.6 Å². The van der Waals surface area contributed by atoms with Crippen LogP contribution in [0.3, 0.4) is 0 Å². The number of nitrogens with zero attached hydrogens (tertiary/aromatic N) is 1. The summed E-state index contributed by atoms with van der Waals surface area (Å²) in [6.45, 7) is 8.24. The zero-order valence-corrected chi connectivity index (χ0v) is 12.6. The summed E-state index contributed by atoms with van der Waals surface area (Å²) < 4.78 is 0. The Morgan fingerprint density at radius 3 is 2.74 bits per heavy atom. The van der Waals surface area contributed by atoms with E-state index in [2.05, 4.69) is 30.2 Å². The van der Waals surface area contributed by atoms with Crippen molar-refractivity contribution in [2.24, 2.45) is 0 Å². The third-order valence-electron chi connectivity index (χ3n) is 3.31. The molecule has 0 saturated heterocycles. The first-order valence-corrected chi connectivity index (χ1v) is 7.26. The van der Waals surface area contributed by atoms with E-state index in [1.165, 1.54) is 23.8 Å². The summed E-state index contributed by atoms with van der Waals surface area (Å²) in [6, 6.07) is 6.15. The summed E-state index contributed by atoms with van der Waals surface area (Å²) >= 11 is 6.17. The van der Waals surface area contributed by atoms with E-state index in [-0.39, 0.29) is 0 Å². The van der Waals surface area contributed by atoms with Crippen LogP contribution in [0.15, 0.2) is 18.2 Å². The molecule has 2 rings (SSSR count). The maximum atomic E-state index is 6.17. The van der Waals surface area contributed by atoms with Gasteiger partial charge in [0.05, 0.1) is 5.52 Å². The molecule has 0 fully saturated rings. The number of hydrogen-bond donors (Lipinski definition) is 1.